The molecule has 9 nitrogen and oxygen atoms in total. The van der Waals surface area contributed by atoms with Crippen molar-refractivity contribution in [2.75, 3.05) is 39.2 Å². The maximum atomic E-state index is 13.0. The lowest BCUT2D eigenvalue weighted by atomic mass is 10.2. The highest BCUT2D eigenvalue weighted by Crippen LogP contribution is 2.30. The molecule has 1 aliphatic heterocycles. The predicted octanol–water partition coefficient (Wildman–Crippen LogP) is 2.20. The Morgan fingerprint density at radius 1 is 1.30 bits per heavy atom. The molecule has 0 aliphatic carbocycles. The third kappa shape index (κ3) is 4.85. The molecule has 11 heteroatoms. The minimum Gasteiger partial charge on any atom is -0.468 e. The van der Waals surface area contributed by atoms with Gasteiger partial charge in [0.05, 0.1) is 31.0 Å². The van der Waals surface area contributed by atoms with E-state index in [0.717, 1.165) is 6.42 Å². The van der Waals surface area contributed by atoms with Crippen LogP contribution in [0.25, 0.3) is 11.4 Å². The largest absolute Gasteiger partial charge is 0.468 e. The van der Waals surface area contributed by atoms with Crippen LogP contribution in [0.2, 0.25) is 0 Å². The van der Waals surface area contributed by atoms with E-state index in [2.05, 4.69) is 10.2 Å². The van der Waals surface area contributed by atoms with Gasteiger partial charge in [-0.15, -0.1) is 10.2 Å². The first-order chi connectivity index (χ1) is 14.4. The first kappa shape index (κ1) is 22.7. The summed E-state index contributed by atoms with van der Waals surface area (Å²) in [5.74, 6) is 0.339. The van der Waals surface area contributed by atoms with Crippen LogP contribution in [0, 0.1) is 0 Å². The number of nitrogens with zero attached hydrogens (tertiary/aromatic N) is 4. The Morgan fingerprint density at radius 3 is 2.70 bits per heavy atom. The average molecular weight is 455 g/mol. The van der Waals surface area contributed by atoms with E-state index in [1.807, 2.05) is 24.5 Å². The summed E-state index contributed by atoms with van der Waals surface area (Å²) in [5, 5.41) is 9.14. The molecule has 30 heavy (non-hydrogen) atoms. The summed E-state index contributed by atoms with van der Waals surface area (Å²) in [6, 6.07) is 6.80. The second kappa shape index (κ2) is 9.90. The summed E-state index contributed by atoms with van der Waals surface area (Å²) < 4.78 is 39.4. The van der Waals surface area contributed by atoms with Crippen LogP contribution in [0.3, 0.4) is 0 Å². The summed E-state index contributed by atoms with van der Waals surface area (Å²) in [7, 11) is -2.28. The molecule has 0 saturated carbocycles. The molecule has 1 fully saturated rings. The Balaban J connectivity index is 1.96. The molecular formula is C19H26N4O5S2. The van der Waals surface area contributed by atoms with E-state index in [-0.39, 0.29) is 22.7 Å². The number of benzene rings is 1. The van der Waals surface area contributed by atoms with Gasteiger partial charge in [0.25, 0.3) is 0 Å². The molecular weight excluding hydrogens is 428 g/mol. The second-order valence-electron chi connectivity index (χ2n) is 6.84. The van der Waals surface area contributed by atoms with Crippen molar-refractivity contribution in [2.24, 2.45) is 0 Å². The van der Waals surface area contributed by atoms with Crippen LogP contribution < -0.4 is 0 Å². The Hall–Kier alpha value is -1.95. The number of hydrogen-bond donors (Lipinski definition) is 0. The van der Waals surface area contributed by atoms with Gasteiger partial charge in [0.15, 0.2) is 11.0 Å². The molecule has 1 aromatic heterocycles. The molecule has 2 heterocycles. The van der Waals surface area contributed by atoms with Crippen molar-refractivity contribution in [3.05, 3.63) is 24.3 Å². The van der Waals surface area contributed by atoms with Gasteiger partial charge in [0.1, 0.15) is 0 Å². The van der Waals surface area contributed by atoms with E-state index in [0.29, 0.717) is 42.8 Å². The van der Waals surface area contributed by atoms with E-state index >= 15 is 0 Å². The number of methoxy groups -OCH3 is 1. The van der Waals surface area contributed by atoms with Gasteiger partial charge in [0, 0.05) is 24.7 Å². The predicted molar refractivity (Wildman–Crippen MR) is 113 cm³/mol. The highest BCUT2D eigenvalue weighted by atomic mass is 32.2. The molecule has 164 valence electrons. The normalized spacial score (nSPS) is 16.4. The smallest absolute Gasteiger partial charge is 0.316 e. The third-order valence-corrected chi connectivity index (χ3v) is 7.75. The number of aromatic nitrogens is 3. The Bertz CT molecular complexity index is 987. The van der Waals surface area contributed by atoms with Gasteiger partial charge in [-0.3, -0.25) is 9.36 Å². The summed E-state index contributed by atoms with van der Waals surface area (Å²) in [4.78, 5) is 11.7. The lowest BCUT2D eigenvalue weighted by molar-refractivity contribution is -0.137. The molecule has 2 aromatic rings. The van der Waals surface area contributed by atoms with Crippen LogP contribution in [0.4, 0.5) is 0 Å². The van der Waals surface area contributed by atoms with Crippen molar-refractivity contribution in [3.8, 4) is 11.4 Å². The number of sulfonamides is 1. The van der Waals surface area contributed by atoms with Crippen LogP contribution in [0.5, 0.6) is 0 Å². The van der Waals surface area contributed by atoms with Crippen molar-refractivity contribution < 1.29 is 22.7 Å². The molecule has 3 rings (SSSR count). The van der Waals surface area contributed by atoms with E-state index in [9.17, 15) is 13.2 Å². The first-order valence-electron chi connectivity index (χ1n) is 9.71. The van der Waals surface area contributed by atoms with Gasteiger partial charge in [-0.05, 0) is 25.5 Å². The van der Waals surface area contributed by atoms with Crippen LogP contribution in [0.1, 0.15) is 26.3 Å². The number of carbonyl (C=O) groups excluding carboxylic acids is 1. The number of hydrogen-bond acceptors (Lipinski definition) is 8. The van der Waals surface area contributed by atoms with Crippen LogP contribution in [-0.4, -0.2) is 72.6 Å². The number of morpholine rings is 1. The van der Waals surface area contributed by atoms with Crippen molar-refractivity contribution in [2.45, 2.75) is 36.4 Å². The number of rotatable bonds is 8. The highest BCUT2D eigenvalue weighted by molar-refractivity contribution is 7.99. The van der Waals surface area contributed by atoms with E-state index < -0.39 is 10.0 Å². The van der Waals surface area contributed by atoms with E-state index in [4.69, 9.17) is 9.47 Å². The Labute approximate surface area is 180 Å². The standard InChI is InChI=1S/C19H26N4O5S2/c1-4-14(2)23-18(20-21-19(23)29-13-17(24)27-3)15-6-5-7-16(12-15)30(25,26)22-8-10-28-11-9-22/h5-7,12,14H,4,8-11,13H2,1-3H3. The van der Waals surface area contributed by atoms with Crippen LogP contribution in [0.15, 0.2) is 34.3 Å². The topological polar surface area (TPSA) is 104 Å². The monoisotopic (exact) mass is 454 g/mol. The molecule has 0 N–H and O–H groups in total. The number of esters is 1. The number of carbonyl (C=O) groups is 1. The number of ether oxygens (including phenoxy) is 2. The Morgan fingerprint density at radius 2 is 2.03 bits per heavy atom. The van der Waals surface area contributed by atoms with Crippen molar-refractivity contribution in [1.82, 2.24) is 19.1 Å². The van der Waals surface area contributed by atoms with Gasteiger partial charge in [-0.2, -0.15) is 4.31 Å². The summed E-state index contributed by atoms with van der Waals surface area (Å²) in [6.07, 6.45) is 0.822. The summed E-state index contributed by atoms with van der Waals surface area (Å²) in [5.41, 5.74) is 0.655. The second-order valence-corrected chi connectivity index (χ2v) is 9.72. The maximum absolute atomic E-state index is 13.0. The van der Waals surface area contributed by atoms with Gasteiger partial charge < -0.3 is 9.47 Å². The molecule has 0 amide bonds. The quantitative estimate of drug-likeness (QED) is 0.442. The van der Waals surface area contributed by atoms with Crippen molar-refractivity contribution in [1.29, 1.82) is 0 Å². The minimum absolute atomic E-state index is 0.0645. The zero-order valence-corrected chi connectivity index (χ0v) is 18.9. The van der Waals surface area contributed by atoms with Gasteiger partial charge >= 0.3 is 5.97 Å². The Kier molecular flexibility index (Phi) is 7.50. The van der Waals surface area contributed by atoms with Crippen LogP contribution >= 0.6 is 11.8 Å². The summed E-state index contributed by atoms with van der Waals surface area (Å²) in [6.45, 7) is 5.53. The van der Waals surface area contributed by atoms with E-state index in [1.54, 1.807) is 18.2 Å². The molecule has 0 bridgehead atoms. The minimum atomic E-state index is -3.62. The fourth-order valence-corrected chi connectivity index (χ4v) is 5.39. The molecule has 1 aliphatic rings. The zero-order valence-electron chi connectivity index (χ0n) is 17.3. The molecule has 1 atom stereocenters. The van der Waals surface area contributed by atoms with Crippen molar-refractivity contribution >= 4 is 27.8 Å². The number of thioether (sulfide) groups is 1. The summed E-state index contributed by atoms with van der Waals surface area (Å²) >= 11 is 1.25. The molecule has 1 aromatic carbocycles. The van der Waals surface area contributed by atoms with Gasteiger partial charge in [-0.1, -0.05) is 30.8 Å². The lowest BCUT2D eigenvalue weighted by Crippen LogP contribution is -2.40. The van der Waals surface area contributed by atoms with Gasteiger partial charge in [-0.25, -0.2) is 8.42 Å². The third-order valence-electron chi connectivity index (χ3n) is 4.94. The molecule has 1 saturated heterocycles. The van der Waals surface area contributed by atoms with Crippen molar-refractivity contribution in [3.63, 3.8) is 0 Å². The SMILES string of the molecule is CCC(C)n1c(SCC(=O)OC)nnc1-c1cccc(S(=O)(=O)N2CCOCC2)c1. The fraction of sp³-hybridized carbons (Fsp3) is 0.526. The molecule has 1 unspecified atom stereocenters. The molecule has 0 radical (unpaired) electrons. The van der Waals surface area contributed by atoms with Crippen LogP contribution in [-0.2, 0) is 24.3 Å². The maximum Gasteiger partial charge on any atom is 0.316 e. The first-order valence-corrected chi connectivity index (χ1v) is 12.1. The average Bonchev–Trinajstić information content (AvgIpc) is 3.21. The zero-order chi connectivity index (χ0) is 21.7. The lowest BCUT2D eigenvalue weighted by Gasteiger charge is -2.26. The highest BCUT2D eigenvalue weighted by Gasteiger charge is 2.27. The molecule has 0 spiro atoms. The van der Waals surface area contributed by atoms with E-state index in [1.165, 1.54) is 23.2 Å². The fourth-order valence-electron chi connectivity index (χ4n) is 3.07. The van der Waals surface area contributed by atoms with Gasteiger partial charge in [0.2, 0.25) is 10.0 Å².